The molecule has 18 heavy (non-hydrogen) atoms. The second-order valence-electron chi connectivity index (χ2n) is 5.15. The van der Waals surface area contributed by atoms with Gasteiger partial charge in [-0.05, 0) is 43.9 Å². The third-order valence-electron chi connectivity index (χ3n) is 3.60. The minimum absolute atomic E-state index is 0.0116. The summed E-state index contributed by atoms with van der Waals surface area (Å²) in [5, 5.41) is 13.8. The maximum absolute atomic E-state index is 9.29. The van der Waals surface area contributed by atoms with E-state index in [-0.39, 0.29) is 6.61 Å². The maximum Gasteiger partial charge on any atom is 0.0886 e. The fourth-order valence-electron chi connectivity index (χ4n) is 2.51. The van der Waals surface area contributed by atoms with Crippen molar-refractivity contribution in [1.82, 2.24) is 9.78 Å². The normalized spacial score (nSPS) is 15.1. The summed E-state index contributed by atoms with van der Waals surface area (Å²) >= 11 is 0. The molecule has 1 aromatic heterocycles. The molecule has 1 N–H and O–H groups in total. The summed E-state index contributed by atoms with van der Waals surface area (Å²) in [7, 11) is 0. The molecule has 0 bridgehead atoms. The van der Waals surface area contributed by atoms with Gasteiger partial charge in [0.1, 0.15) is 0 Å². The van der Waals surface area contributed by atoms with Crippen molar-refractivity contribution < 1.29 is 5.11 Å². The molecule has 1 saturated carbocycles. The first-order valence-electron chi connectivity index (χ1n) is 6.47. The highest BCUT2D eigenvalue weighted by molar-refractivity contribution is 5.48. The van der Waals surface area contributed by atoms with E-state index in [4.69, 9.17) is 0 Å². The average Bonchev–Trinajstić information content (AvgIpc) is 3.10. The number of nitrogens with zero attached hydrogens (tertiary/aromatic N) is 2. The molecule has 1 aliphatic rings. The predicted molar refractivity (Wildman–Crippen MR) is 70.9 cm³/mol. The molecule has 0 amide bonds. The number of rotatable bonds is 3. The second kappa shape index (κ2) is 4.25. The van der Waals surface area contributed by atoms with E-state index in [1.54, 1.807) is 0 Å². The van der Waals surface area contributed by atoms with Crippen molar-refractivity contribution in [3.8, 4) is 5.69 Å². The van der Waals surface area contributed by atoms with E-state index in [0.29, 0.717) is 5.92 Å². The molecule has 3 rings (SSSR count). The fraction of sp³-hybridized carbons (Fsp3) is 0.400. The topological polar surface area (TPSA) is 38.0 Å². The molecule has 3 heteroatoms. The lowest BCUT2D eigenvalue weighted by Gasteiger charge is -2.12. The van der Waals surface area contributed by atoms with Gasteiger partial charge in [0, 0.05) is 11.6 Å². The highest BCUT2D eigenvalue weighted by Gasteiger charge is 2.29. The molecule has 3 nitrogen and oxygen atoms in total. The van der Waals surface area contributed by atoms with Gasteiger partial charge in [-0.2, -0.15) is 5.10 Å². The third-order valence-corrected chi connectivity index (χ3v) is 3.60. The summed E-state index contributed by atoms with van der Waals surface area (Å²) < 4.78 is 2.04. The maximum atomic E-state index is 9.29. The smallest absolute Gasteiger partial charge is 0.0886 e. The van der Waals surface area contributed by atoms with Gasteiger partial charge in [-0.3, -0.25) is 0 Å². The van der Waals surface area contributed by atoms with E-state index < -0.39 is 0 Å². The Balaban J connectivity index is 2.18. The van der Waals surface area contributed by atoms with Crippen LogP contribution in [0.25, 0.3) is 5.69 Å². The summed E-state index contributed by atoms with van der Waals surface area (Å²) in [5.74, 6) is 0.622. The first-order valence-corrected chi connectivity index (χ1v) is 6.47. The number of hydrogen-bond donors (Lipinski definition) is 1. The van der Waals surface area contributed by atoms with Crippen molar-refractivity contribution in [3.05, 3.63) is 46.8 Å². The number of hydrogen-bond acceptors (Lipinski definition) is 2. The molecule has 0 aliphatic heterocycles. The van der Waals surface area contributed by atoms with E-state index in [2.05, 4.69) is 37.1 Å². The Morgan fingerprint density at radius 2 is 1.94 bits per heavy atom. The summed E-state index contributed by atoms with van der Waals surface area (Å²) in [6.45, 7) is 4.23. The average molecular weight is 242 g/mol. The summed E-state index contributed by atoms with van der Waals surface area (Å²) in [5.41, 5.74) is 5.63. The van der Waals surface area contributed by atoms with E-state index in [9.17, 15) is 5.11 Å². The molecule has 0 radical (unpaired) electrons. The number of aliphatic hydroxyl groups is 1. The van der Waals surface area contributed by atoms with Gasteiger partial charge in [-0.15, -0.1) is 0 Å². The molecule has 1 aliphatic carbocycles. The van der Waals surface area contributed by atoms with Crippen LogP contribution in [-0.2, 0) is 6.61 Å². The molecule has 0 saturated heterocycles. The number of aromatic nitrogens is 2. The zero-order chi connectivity index (χ0) is 12.7. The van der Waals surface area contributed by atoms with Gasteiger partial charge in [0.2, 0.25) is 0 Å². The number of benzene rings is 1. The Morgan fingerprint density at radius 1 is 1.28 bits per heavy atom. The molecule has 1 heterocycles. The first kappa shape index (κ1) is 11.5. The van der Waals surface area contributed by atoms with Crippen molar-refractivity contribution >= 4 is 0 Å². The molecule has 94 valence electrons. The lowest BCUT2D eigenvalue weighted by atomic mass is 10.1. The van der Waals surface area contributed by atoms with Crippen LogP contribution in [0.4, 0.5) is 0 Å². The summed E-state index contributed by atoms with van der Waals surface area (Å²) in [4.78, 5) is 0. The van der Waals surface area contributed by atoms with Crippen LogP contribution in [0.15, 0.2) is 24.3 Å². The van der Waals surface area contributed by atoms with Crippen LogP contribution in [0.3, 0.4) is 0 Å². The Kier molecular flexibility index (Phi) is 2.71. The van der Waals surface area contributed by atoms with Crippen molar-refractivity contribution in [2.24, 2.45) is 0 Å². The lowest BCUT2D eigenvalue weighted by molar-refractivity contribution is 0.276. The molecule has 0 spiro atoms. The molecular formula is C15H18N2O. The van der Waals surface area contributed by atoms with Crippen LogP contribution in [0.5, 0.6) is 0 Å². The van der Waals surface area contributed by atoms with E-state index in [0.717, 1.165) is 5.69 Å². The Hall–Kier alpha value is -1.61. The molecule has 0 unspecified atom stereocenters. The van der Waals surface area contributed by atoms with Gasteiger partial charge in [-0.1, -0.05) is 18.2 Å². The van der Waals surface area contributed by atoms with Gasteiger partial charge in [0.25, 0.3) is 0 Å². The van der Waals surface area contributed by atoms with Gasteiger partial charge >= 0.3 is 0 Å². The minimum atomic E-state index is 0.0116. The van der Waals surface area contributed by atoms with Gasteiger partial charge in [0.05, 0.1) is 18.0 Å². The van der Waals surface area contributed by atoms with E-state index in [1.165, 1.54) is 35.3 Å². The minimum Gasteiger partial charge on any atom is -0.390 e. The van der Waals surface area contributed by atoms with Gasteiger partial charge in [-0.25, -0.2) is 4.68 Å². The largest absolute Gasteiger partial charge is 0.390 e. The molecule has 2 aromatic rings. The Morgan fingerprint density at radius 3 is 2.50 bits per heavy atom. The quantitative estimate of drug-likeness (QED) is 0.898. The summed E-state index contributed by atoms with van der Waals surface area (Å²) in [6, 6.07) is 8.34. The van der Waals surface area contributed by atoms with Crippen LogP contribution in [0.2, 0.25) is 0 Å². The second-order valence-corrected chi connectivity index (χ2v) is 5.15. The zero-order valence-electron chi connectivity index (χ0n) is 10.8. The monoisotopic (exact) mass is 242 g/mol. The van der Waals surface area contributed by atoms with Crippen molar-refractivity contribution in [3.63, 3.8) is 0 Å². The van der Waals surface area contributed by atoms with Crippen molar-refractivity contribution in [2.45, 2.75) is 39.2 Å². The van der Waals surface area contributed by atoms with Crippen molar-refractivity contribution in [1.29, 1.82) is 0 Å². The van der Waals surface area contributed by atoms with E-state index in [1.807, 2.05) is 10.7 Å². The first-order chi connectivity index (χ1) is 8.70. The van der Waals surface area contributed by atoms with Crippen LogP contribution in [0, 0.1) is 13.8 Å². The fourth-order valence-corrected chi connectivity index (χ4v) is 2.51. The predicted octanol–water partition coefficient (Wildman–Crippen LogP) is 2.86. The standard InChI is InChI=1S/C15H18N2O/c1-10-4-3-5-11(2)15(10)17-14(12-6-7-12)8-13(9-18)16-17/h3-5,8,12,18H,6-7,9H2,1-2H3. The Labute approximate surface area is 107 Å². The summed E-state index contributed by atoms with van der Waals surface area (Å²) in [6.07, 6.45) is 2.48. The van der Waals surface area contributed by atoms with Crippen LogP contribution >= 0.6 is 0 Å². The Bertz CT molecular complexity index is 562. The van der Waals surface area contributed by atoms with Crippen LogP contribution < -0.4 is 0 Å². The van der Waals surface area contributed by atoms with Gasteiger partial charge in [0.15, 0.2) is 0 Å². The van der Waals surface area contributed by atoms with Gasteiger partial charge < -0.3 is 5.11 Å². The van der Waals surface area contributed by atoms with Crippen molar-refractivity contribution in [2.75, 3.05) is 0 Å². The van der Waals surface area contributed by atoms with E-state index >= 15 is 0 Å². The highest BCUT2D eigenvalue weighted by atomic mass is 16.3. The molecule has 0 atom stereocenters. The molecule has 1 fully saturated rings. The number of aryl methyl sites for hydroxylation is 2. The third kappa shape index (κ3) is 1.85. The lowest BCUT2D eigenvalue weighted by Crippen LogP contribution is -2.05. The molecular weight excluding hydrogens is 224 g/mol. The SMILES string of the molecule is Cc1cccc(C)c1-n1nc(CO)cc1C1CC1. The highest BCUT2D eigenvalue weighted by Crippen LogP contribution is 2.41. The van der Waals surface area contributed by atoms with Crippen LogP contribution in [0.1, 0.15) is 41.3 Å². The number of aliphatic hydroxyl groups excluding tert-OH is 1. The number of para-hydroxylation sites is 1. The molecule has 1 aromatic carbocycles. The van der Waals surface area contributed by atoms with Crippen LogP contribution in [-0.4, -0.2) is 14.9 Å². The zero-order valence-corrected chi connectivity index (χ0v) is 10.8.